The standard InChI is InChI=1S/C29H57NO4/c1-5-6-7-8-9-10-11-12-13-14-15-16-17-18-19-20-21-22-23-24-25-29(28(33)34,26-27(31)32)30(2,3)4/h5-26H2,1-4H3,(H-,31,32,33,34)/p+1. The number of rotatable bonds is 25. The van der Waals surface area contributed by atoms with E-state index in [4.69, 9.17) is 0 Å². The molecule has 1 unspecified atom stereocenters. The van der Waals surface area contributed by atoms with Crippen molar-refractivity contribution in [2.24, 2.45) is 0 Å². The topological polar surface area (TPSA) is 74.6 Å². The van der Waals surface area contributed by atoms with E-state index < -0.39 is 17.5 Å². The smallest absolute Gasteiger partial charge is 0.366 e. The van der Waals surface area contributed by atoms with Crippen molar-refractivity contribution in [3.63, 3.8) is 0 Å². The average Bonchev–Trinajstić information content (AvgIpc) is 2.75. The van der Waals surface area contributed by atoms with Crippen LogP contribution in [0.4, 0.5) is 0 Å². The van der Waals surface area contributed by atoms with Gasteiger partial charge in [0.2, 0.25) is 5.54 Å². The molecular weight excluding hydrogens is 426 g/mol. The Morgan fingerprint density at radius 3 is 1.09 bits per heavy atom. The number of aliphatic carboxylic acids is 2. The van der Waals surface area contributed by atoms with E-state index in [1.54, 1.807) is 21.1 Å². The van der Waals surface area contributed by atoms with Crippen molar-refractivity contribution in [1.29, 1.82) is 0 Å². The van der Waals surface area contributed by atoms with Crippen LogP contribution in [0.5, 0.6) is 0 Å². The van der Waals surface area contributed by atoms with Crippen molar-refractivity contribution >= 4 is 11.9 Å². The SMILES string of the molecule is CCCCCCCCCCCCCCCCCCCCCCC(CC(=O)O)(C(=O)O)[N+](C)(C)C. The van der Waals surface area contributed by atoms with Gasteiger partial charge in [0.15, 0.2) is 0 Å². The van der Waals surface area contributed by atoms with Gasteiger partial charge in [-0.05, 0) is 6.42 Å². The fraction of sp³-hybridized carbons (Fsp3) is 0.931. The van der Waals surface area contributed by atoms with Gasteiger partial charge in [-0.1, -0.05) is 129 Å². The molecule has 0 amide bonds. The summed E-state index contributed by atoms with van der Waals surface area (Å²) < 4.78 is 0.133. The number of carboxylic acid groups (broad SMARTS) is 2. The summed E-state index contributed by atoms with van der Waals surface area (Å²) in [6.07, 6.45) is 26.3. The predicted octanol–water partition coefficient (Wildman–Crippen LogP) is 8.20. The third kappa shape index (κ3) is 15.7. The van der Waals surface area contributed by atoms with Gasteiger partial charge in [0.05, 0.1) is 21.1 Å². The molecule has 0 saturated heterocycles. The Balaban J connectivity index is 3.61. The molecular formula is C29H58NO4+. The first-order valence-electron chi connectivity index (χ1n) is 14.4. The van der Waals surface area contributed by atoms with Crippen molar-refractivity contribution in [1.82, 2.24) is 0 Å². The number of hydrogen-bond acceptors (Lipinski definition) is 2. The molecule has 0 saturated carbocycles. The summed E-state index contributed by atoms with van der Waals surface area (Å²) in [5.41, 5.74) is -1.25. The number of likely N-dealkylation sites (N-methyl/N-ethyl adjacent to an activating group) is 1. The minimum Gasteiger partial charge on any atom is -0.481 e. The molecule has 0 aromatic carbocycles. The van der Waals surface area contributed by atoms with Crippen LogP contribution in [0.2, 0.25) is 0 Å². The van der Waals surface area contributed by atoms with E-state index in [9.17, 15) is 19.8 Å². The highest BCUT2D eigenvalue weighted by Gasteiger charge is 2.51. The molecule has 202 valence electrons. The monoisotopic (exact) mass is 484 g/mol. The lowest BCUT2D eigenvalue weighted by Crippen LogP contribution is -2.62. The highest BCUT2D eigenvalue weighted by Crippen LogP contribution is 2.30. The van der Waals surface area contributed by atoms with E-state index in [2.05, 4.69) is 6.92 Å². The van der Waals surface area contributed by atoms with Crippen LogP contribution in [-0.2, 0) is 9.59 Å². The quantitative estimate of drug-likeness (QED) is 0.101. The van der Waals surface area contributed by atoms with Crippen LogP contribution in [0.3, 0.4) is 0 Å². The van der Waals surface area contributed by atoms with Crippen molar-refractivity contribution in [2.45, 2.75) is 154 Å². The molecule has 0 aliphatic carbocycles. The molecule has 1 atom stereocenters. The van der Waals surface area contributed by atoms with Gasteiger partial charge in [0, 0.05) is 6.42 Å². The van der Waals surface area contributed by atoms with Crippen molar-refractivity contribution in [3.05, 3.63) is 0 Å². The summed E-state index contributed by atoms with van der Waals surface area (Å²) in [6.45, 7) is 2.28. The number of quaternary nitrogens is 1. The van der Waals surface area contributed by atoms with Crippen molar-refractivity contribution < 1.29 is 24.3 Å². The van der Waals surface area contributed by atoms with Gasteiger partial charge < -0.3 is 14.7 Å². The third-order valence-electron chi connectivity index (χ3n) is 7.57. The summed E-state index contributed by atoms with van der Waals surface area (Å²) >= 11 is 0. The zero-order valence-electron chi connectivity index (χ0n) is 23.2. The number of unbranched alkanes of at least 4 members (excludes halogenated alkanes) is 19. The van der Waals surface area contributed by atoms with Crippen molar-refractivity contribution in [2.75, 3.05) is 21.1 Å². The first kappa shape index (κ1) is 32.9. The number of carbonyl (C=O) groups is 2. The van der Waals surface area contributed by atoms with Gasteiger partial charge in [-0.2, -0.15) is 0 Å². The molecule has 0 bridgehead atoms. The molecule has 5 nitrogen and oxygen atoms in total. The maximum Gasteiger partial charge on any atom is 0.366 e. The van der Waals surface area contributed by atoms with Crippen LogP contribution in [-0.4, -0.2) is 53.3 Å². The fourth-order valence-electron chi connectivity index (χ4n) is 5.05. The van der Waals surface area contributed by atoms with E-state index in [0.29, 0.717) is 6.42 Å². The summed E-state index contributed by atoms with van der Waals surface area (Å²) in [5, 5.41) is 19.0. The number of hydrogen-bond donors (Lipinski definition) is 2. The average molecular weight is 485 g/mol. The molecule has 0 aliphatic heterocycles. The second-order valence-electron chi connectivity index (χ2n) is 11.4. The molecule has 0 fully saturated rings. The maximum atomic E-state index is 12.0. The van der Waals surface area contributed by atoms with E-state index in [-0.39, 0.29) is 10.9 Å². The Morgan fingerprint density at radius 2 is 0.853 bits per heavy atom. The fourth-order valence-corrected chi connectivity index (χ4v) is 5.05. The molecule has 0 aromatic rings. The first-order valence-corrected chi connectivity index (χ1v) is 14.4. The Hall–Kier alpha value is -1.10. The summed E-state index contributed by atoms with van der Waals surface area (Å²) in [6, 6.07) is 0. The summed E-state index contributed by atoms with van der Waals surface area (Å²) in [7, 11) is 5.36. The zero-order chi connectivity index (χ0) is 25.7. The molecule has 0 aliphatic rings. The summed E-state index contributed by atoms with van der Waals surface area (Å²) in [4.78, 5) is 23.3. The normalized spacial score (nSPS) is 13.6. The second kappa shape index (κ2) is 20.1. The highest BCUT2D eigenvalue weighted by molar-refractivity contribution is 5.83. The molecule has 0 aromatic heterocycles. The molecule has 0 spiro atoms. The van der Waals surface area contributed by atoms with Gasteiger partial charge in [-0.25, -0.2) is 4.79 Å². The van der Waals surface area contributed by atoms with Crippen molar-refractivity contribution in [3.8, 4) is 0 Å². The molecule has 5 heteroatoms. The lowest BCUT2D eigenvalue weighted by Gasteiger charge is -2.42. The van der Waals surface area contributed by atoms with Gasteiger partial charge >= 0.3 is 11.9 Å². The van der Waals surface area contributed by atoms with Crippen LogP contribution in [0, 0.1) is 0 Å². The van der Waals surface area contributed by atoms with E-state index in [1.807, 2.05) is 0 Å². The Morgan fingerprint density at radius 1 is 0.559 bits per heavy atom. The molecule has 34 heavy (non-hydrogen) atoms. The van der Waals surface area contributed by atoms with Gasteiger partial charge in [-0.3, -0.25) is 4.79 Å². The summed E-state index contributed by atoms with van der Waals surface area (Å²) in [5.74, 6) is -2.04. The maximum absolute atomic E-state index is 12.0. The highest BCUT2D eigenvalue weighted by atomic mass is 16.4. The lowest BCUT2D eigenvalue weighted by molar-refractivity contribution is -0.914. The number of carboxylic acids is 2. The first-order chi connectivity index (χ1) is 16.2. The van der Waals surface area contributed by atoms with Crippen LogP contribution in [0.1, 0.15) is 148 Å². The largest absolute Gasteiger partial charge is 0.481 e. The van der Waals surface area contributed by atoms with E-state index in [1.165, 1.54) is 109 Å². The van der Waals surface area contributed by atoms with E-state index >= 15 is 0 Å². The van der Waals surface area contributed by atoms with Crippen LogP contribution in [0.15, 0.2) is 0 Å². The zero-order valence-corrected chi connectivity index (χ0v) is 23.2. The van der Waals surface area contributed by atoms with Gasteiger partial charge in [0.1, 0.15) is 6.42 Å². The minimum absolute atomic E-state index is 0.133. The van der Waals surface area contributed by atoms with Crippen LogP contribution < -0.4 is 0 Å². The molecule has 0 radical (unpaired) electrons. The third-order valence-corrected chi connectivity index (χ3v) is 7.57. The lowest BCUT2D eigenvalue weighted by atomic mass is 9.85. The number of nitrogens with zero attached hydrogens (tertiary/aromatic N) is 1. The Kier molecular flexibility index (Phi) is 19.5. The van der Waals surface area contributed by atoms with Gasteiger partial charge in [0.25, 0.3) is 0 Å². The van der Waals surface area contributed by atoms with Gasteiger partial charge in [-0.15, -0.1) is 0 Å². The Bertz CT molecular complexity index is 515. The van der Waals surface area contributed by atoms with E-state index in [0.717, 1.165) is 19.3 Å². The molecule has 2 N–H and O–H groups in total. The second-order valence-corrected chi connectivity index (χ2v) is 11.4. The predicted molar refractivity (Wildman–Crippen MR) is 143 cm³/mol. The minimum atomic E-state index is -1.25. The molecule has 0 heterocycles. The molecule has 0 rings (SSSR count). The van der Waals surface area contributed by atoms with Crippen LogP contribution >= 0.6 is 0 Å². The Labute approximate surface area is 211 Å². The van der Waals surface area contributed by atoms with Crippen LogP contribution in [0.25, 0.3) is 0 Å².